The molecule has 5 nitrogen and oxygen atoms in total. The summed E-state index contributed by atoms with van der Waals surface area (Å²) >= 11 is 3.56. The molecule has 2 aliphatic rings. The van der Waals surface area contributed by atoms with Crippen molar-refractivity contribution in [2.24, 2.45) is 0 Å². The van der Waals surface area contributed by atoms with Gasteiger partial charge in [-0.05, 0) is 72.4 Å². The van der Waals surface area contributed by atoms with Crippen LogP contribution in [0.25, 0.3) is 5.69 Å². The third kappa shape index (κ3) is 2.81. The van der Waals surface area contributed by atoms with Crippen molar-refractivity contribution in [1.29, 1.82) is 5.26 Å². The second-order valence-electron chi connectivity index (χ2n) is 7.16. The number of hydrogen-bond donors (Lipinski definition) is 1. The maximum atomic E-state index is 12.9. The Hall–Kier alpha value is -1.94. The molecule has 2 aromatic rings. The topological polar surface area (TPSA) is 69.3 Å². The zero-order valence-corrected chi connectivity index (χ0v) is 16.1. The van der Waals surface area contributed by atoms with Gasteiger partial charge in [-0.1, -0.05) is 0 Å². The maximum absolute atomic E-state index is 12.9. The van der Waals surface area contributed by atoms with E-state index in [2.05, 4.69) is 26.9 Å². The number of hydrogen-bond acceptors (Lipinski definition) is 4. The first-order valence-electron chi connectivity index (χ1n) is 8.85. The van der Waals surface area contributed by atoms with E-state index < -0.39 is 0 Å². The van der Waals surface area contributed by atoms with E-state index in [0.717, 1.165) is 35.2 Å². The molecule has 2 unspecified atom stereocenters. The fourth-order valence-corrected chi connectivity index (χ4v) is 5.12. The molecule has 134 valence electrons. The molecule has 1 aromatic carbocycles. The number of rotatable bonds is 4. The van der Waals surface area contributed by atoms with Crippen LogP contribution in [0.15, 0.2) is 34.9 Å². The molecular weight excluding hydrogens is 394 g/mol. The van der Waals surface area contributed by atoms with E-state index in [4.69, 9.17) is 5.26 Å². The monoisotopic (exact) mass is 413 g/mol. The Labute approximate surface area is 161 Å². The minimum absolute atomic E-state index is 0.0848. The lowest BCUT2D eigenvalue weighted by Gasteiger charge is -2.21. The second-order valence-corrected chi connectivity index (χ2v) is 7.97. The van der Waals surface area contributed by atoms with Crippen LogP contribution in [0.1, 0.15) is 40.9 Å². The highest BCUT2D eigenvalue weighted by molar-refractivity contribution is 9.10. The van der Waals surface area contributed by atoms with Gasteiger partial charge >= 0.3 is 0 Å². The summed E-state index contributed by atoms with van der Waals surface area (Å²) in [5, 5.41) is 19.0. The van der Waals surface area contributed by atoms with Crippen LogP contribution in [0.5, 0.6) is 0 Å². The predicted molar refractivity (Wildman–Crippen MR) is 101 cm³/mol. The zero-order chi connectivity index (χ0) is 18.4. The first kappa shape index (κ1) is 17.5. The molecule has 0 amide bonds. The van der Waals surface area contributed by atoms with E-state index in [-0.39, 0.29) is 17.9 Å². The number of nitriles is 1. The highest BCUT2D eigenvalue weighted by atomic mass is 79.9. The number of fused-ring (bicyclic) bond motifs is 2. The Balaban J connectivity index is 1.60. The van der Waals surface area contributed by atoms with Crippen molar-refractivity contribution in [3.63, 3.8) is 0 Å². The Bertz CT molecular complexity index is 897. The normalized spacial score (nSPS) is 24.8. The Morgan fingerprint density at radius 1 is 1.35 bits per heavy atom. The van der Waals surface area contributed by atoms with Crippen molar-refractivity contribution in [1.82, 2.24) is 9.47 Å². The van der Waals surface area contributed by atoms with Crippen molar-refractivity contribution in [2.45, 2.75) is 44.4 Å². The van der Waals surface area contributed by atoms with Crippen LogP contribution < -0.4 is 0 Å². The number of benzene rings is 1. The quantitative estimate of drug-likeness (QED) is 0.781. The minimum atomic E-state index is -0.294. The Kier molecular flexibility index (Phi) is 4.47. The molecule has 0 spiro atoms. The molecule has 0 radical (unpaired) electrons. The number of aliphatic hydroxyl groups excluding tert-OH is 1. The SMILES string of the molecule is Cc1c(C(=O)CN2C3CCC2[C@H](O)C3)cc(Br)n1-c1ccc(C#N)cc1. The number of carbonyl (C=O) groups excluding carboxylic acids is 1. The zero-order valence-electron chi connectivity index (χ0n) is 14.5. The average molecular weight is 414 g/mol. The van der Waals surface area contributed by atoms with Crippen LogP contribution >= 0.6 is 15.9 Å². The van der Waals surface area contributed by atoms with Gasteiger partial charge in [-0.2, -0.15) is 5.26 Å². The summed E-state index contributed by atoms with van der Waals surface area (Å²) in [5.41, 5.74) is 3.08. The van der Waals surface area contributed by atoms with Crippen molar-refractivity contribution >= 4 is 21.7 Å². The first-order valence-corrected chi connectivity index (χ1v) is 9.64. The number of Topliss-reactive ketones (excluding diaryl/α,β-unsaturated/α-hetero) is 1. The fraction of sp³-hybridized carbons (Fsp3) is 0.400. The van der Waals surface area contributed by atoms with Crippen LogP contribution in [0, 0.1) is 18.3 Å². The van der Waals surface area contributed by atoms with Crippen LogP contribution in [-0.4, -0.2) is 45.1 Å². The van der Waals surface area contributed by atoms with Crippen LogP contribution in [0.3, 0.4) is 0 Å². The van der Waals surface area contributed by atoms with Gasteiger partial charge in [-0.25, -0.2) is 0 Å². The molecule has 0 aliphatic carbocycles. The summed E-state index contributed by atoms with van der Waals surface area (Å²) in [4.78, 5) is 15.1. The first-order chi connectivity index (χ1) is 12.5. The average Bonchev–Trinajstić information content (AvgIpc) is 3.25. The molecule has 4 rings (SSSR count). The summed E-state index contributed by atoms with van der Waals surface area (Å²) in [7, 11) is 0. The Morgan fingerprint density at radius 3 is 2.65 bits per heavy atom. The standard InChI is InChI=1S/C20H20BrN3O2/c1-12-16(19(26)11-23-15-6-7-17(23)18(25)8-15)9-20(21)24(12)14-4-2-13(10-22)3-5-14/h2-5,9,15,17-18,25H,6-8,11H2,1H3/t15?,17?,18-/m1/s1. The van der Waals surface area contributed by atoms with Gasteiger partial charge in [0.1, 0.15) is 0 Å². The number of nitrogens with zero attached hydrogens (tertiary/aromatic N) is 3. The summed E-state index contributed by atoms with van der Waals surface area (Å²) in [6, 6.07) is 11.7. The molecule has 3 heterocycles. The van der Waals surface area contributed by atoms with Gasteiger partial charge in [0.05, 0.1) is 28.9 Å². The van der Waals surface area contributed by atoms with Crippen molar-refractivity contribution < 1.29 is 9.90 Å². The number of ketones is 1. The number of halogens is 1. The third-order valence-electron chi connectivity index (χ3n) is 5.73. The van der Waals surface area contributed by atoms with Crippen LogP contribution in [-0.2, 0) is 0 Å². The van der Waals surface area contributed by atoms with Gasteiger partial charge in [0.25, 0.3) is 0 Å². The lowest BCUT2D eigenvalue weighted by molar-refractivity contribution is 0.0873. The molecule has 0 saturated carbocycles. The molecular formula is C20H20BrN3O2. The fourth-order valence-electron chi connectivity index (χ4n) is 4.42. The van der Waals surface area contributed by atoms with Gasteiger partial charge in [0.15, 0.2) is 5.78 Å². The van der Waals surface area contributed by atoms with E-state index in [1.54, 1.807) is 12.1 Å². The highest BCUT2D eigenvalue weighted by Gasteiger charge is 2.46. The van der Waals surface area contributed by atoms with Gasteiger partial charge in [0.2, 0.25) is 0 Å². The van der Waals surface area contributed by atoms with Crippen molar-refractivity contribution in [2.75, 3.05) is 6.54 Å². The largest absolute Gasteiger partial charge is 0.391 e. The van der Waals surface area contributed by atoms with E-state index in [1.165, 1.54) is 0 Å². The summed E-state index contributed by atoms with van der Waals surface area (Å²) in [6.45, 7) is 2.29. The van der Waals surface area contributed by atoms with Gasteiger partial charge in [0, 0.05) is 29.0 Å². The summed E-state index contributed by atoms with van der Waals surface area (Å²) < 4.78 is 2.79. The smallest absolute Gasteiger partial charge is 0.178 e. The van der Waals surface area contributed by atoms with Crippen molar-refractivity contribution in [3.05, 3.63) is 51.8 Å². The lowest BCUT2D eigenvalue weighted by Crippen LogP contribution is -2.36. The number of aliphatic hydroxyl groups is 1. The highest BCUT2D eigenvalue weighted by Crippen LogP contribution is 2.38. The minimum Gasteiger partial charge on any atom is -0.391 e. The number of aromatic nitrogens is 1. The molecule has 6 heteroatoms. The molecule has 2 aliphatic heterocycles. The van der Waals surface area contributed by atoms with E-state index in [1.807, 2.05) is 29.7 Å². The molecule has 2 fully saturated rings. The summed E-state index contributed by atoms with van der Waals surface area (Å²) in [6.07, 6.45) is 2.54. The molecule has 2 bridgehead atoms. The molecule has 1 N–H and O–H groups in total. The second kappa shape index (κ2) is 6.66. The molecule has 26 heavy (non-hydrogen) atoms. The van der Waals surface area contributed by atoms with Crippen molar-refractivity contribution in [3.8, 4) is 11.8 Å². The van der Waals surface area contributed by atoms with Gasteiger partial charge < -0.3 is 9.67 Å². The molecule has 1 aromatic heterocycles. The van der Waals surface area contributed by atoms with Gasteiger partial charge in [-0.3, -0.25) is 9.69 Å². The molecule has 3 atom stereocenters. The maximum Gasteiger partial charge on any atom is 0.178 e. The van der Waals surface area contributed by atoms with Gasteiger partial charge in [-0.15, -0.1) is 0 Å². The van der Waals surface area contributed by atoms with Crippen LogP contribution in [0.4, 0.5) is 0 Å². The number of carbonyl (C=O) groups is 1. The van der Waals surface area contributed by atoms with E-state index in [0.29, 0.717) is 23.7 Å². The Morgan fingerprint density at radius 2 is 2.08 bits per heavy atom. The summed E-state index contributed by atoms with van der Waals surface area (Å²) in [5.74, 6) is 0.0848. The lowest BCUT2D eigenvalue weighted by atomic mass is 9.98. The van der Waals surface area contributed by atoms with E-state index in [9.17, 15) is 9.90 Å². The van der Waals surface area contributed by atoms with Crippen LogP contribution in [0.2, 0.25) is 0 Å². The predicted octanol–water partition coefficient (Wildman–Crippen LogP) is 3.20. The third-order valence-corrected chi connectivity index (χ3v) is 6.32. The van der Waals surface area contributed by atoms with E-state index >= 15 is 0 Å². The molecule has 2 saturated heterocycles.